The van der Waals surface area contributed by atoms with Gasteiger partial charge in [0.2, 0.25) is 5.91 Å². The number of hydrogen-bond acceptors (Lipinski definition) is 4. The number of nitrogens with one attached hydrogen (secondary N) is 1. The molecule has 2 atom stereocenters. The van der Waals surface area contributed by atoms with Crippen LogP contribution in [0.4, 0.5) is 0 Å². The maximum Gasteiger partial charge on any atom is 0.308 e. The number of fused-ring (bicyclic) bond motifs is 1. The number of carbonyl (C=O) groups excluding carboxylic acids is 1. The number of rotatable bonds is 5. The largest absolute Gasteiger partial charge is 0.481 e. The lowest BCUT2D eigenvalue weighted by molar-refractivity contribution is -0.142. The smallest absolute Gasteiger partial charge is 0.308 e. The summed E-state index contributed by atoms with van der Waals surface area (Å²) >= 11 is 1.50. The molecule has 0 aliphatic rings. The van der Waals surface area contributed by atoms with Crippen LogP contribution in [0.15, 0.2) is 17.8 Å². The molecule has 0 bridgehead atoms. The fourth-order valence-electron chi connectivity index (χ4n) is 1.67. The van der Waals surface area contributed by atoms with Gasteiger partial charge in [0, 0.05) is 23.8 Å². The van der Waals surface area contributed by atoms with Crippen LogP contribution in [0.5, 0.6) is 0 Å². The molecule has 0 spiro atoms. The number of aliphatic carboxylic acids is 1. The molecule has 0 saturated heterocycles. The molecular formula is C12H15N3O3S. The number of carbonyl (C=O) groups is 2. The van der Waals surface area contributed by atoms with Gasteiger partial charge in [0.15, 0.2) is 4.96 Å². The second-order valence-corrected chi connectivity index (χ2v) is 5.36. The molecule has 1 amide bonds. The van der Waals surface area contributed by atoms with E-state index < -0.39 is 17.9 Å². The van der Waals surface area contributed by atoms with Crippen LogP contribution in [0.25, 0.3) is 4.96 Å². The van der Waals surface area contributed by atoms with Crippen molar-refractivity contribution in [2.45, 2.75) is 26.3 Å². The van der Waals surface area contributed by atoms with Gasteiger partial charge in [-0.2, -0.15) is 0 Å². The average molecular weight is 281 g/mol. The highest BCUT2D eigenvalue weighted by molar-refractivity contribution is 7.15. The van der Waals surface area contributed by atoms with E-state index in [-0.39, 0.29) is 12.3 Å². The van der Waals surface area contributed by atoms with E-state index in [1.54, 1.807) is 20.0 Å². The van der Waals surface area contributed by atoms with Crippen molar-refractivity contribution >= 4 is 28.2 Å². The maximum absolute atomic E-state index is 11.8. The molecule has 0 aliphatic carbocycles. The summed E-state index contributed by atoms with van der Waals surface area (Å²) in [5.74, 6) is -1.75. The third-order valence-corrected chi connectivity index (χ3v) is 3.78. The van der Waals surface area contributed by atoms with Crippen LogP contribution in [-0.2, 0) is 16.0 Å². The fraction of sp³-hybridized carbons (Fsp3) is 0.417. The van der Waals surface area contributed by atoms with Gasteiger partial charge in [-0.3, -0.25) is 14.0 Å². The van der Waals surface area contributed by atoms with Crippen molar-refractivity contribution in [2.24, 2.45) is 5.92 Å². The molecule has 2 heterocycles. The third-order valence-electron chi connectivity index (χ3n) is 3.01. The third kappa shape index (κ3) is 3.11. The summed E-state index contributed by atoms with van der Waals surface area (Å²) in [7, 11) is 0. The molecule has 2 rings (SSSR count). The molecule has 2 unspecified atom stereocenters. The van der Waals surface area contributed by atoms with E-state index in [1.165, 1.54) is 11.3 Å². The first-order valence-electron chi connectivity index (χ1n) is 5.90. The van der Waals surface area contributed by atoms with Gasteiger partial charge in [0.25, 0.3) is 0 Å². The summed E-state index contributed by atoms with van der Waals surface area (Å²) in [4.78, 5) is 27.7. The Bertz CT molecular complexity index is 576. The molecule has 2 aromatic heterocycles. The first-order valence-corrected chi connectivity index (χ1v) is 6.78. The number of thiazole rings is 1. The van der Waals surface area contributed by atoms with Gasteiger partial charge in [-0.05, 0) is 13.8 Å². The Hall–Kier alpha value is -1.89. The van der Waals surface area contributed by atoms with E-state index in [1.807, 2.05) is 16.0 Å². The predicted octanol–water partition coefficient (Wildman–Crippen LogP) is 1.16. The first kappa shape index (κ1) is 13.5. The van der Waals surface area contributed by atoms with Crippen molar-refractivity contribution in [1.29, 1.82) is 0 Å². The highest BCUT2D eigenvalue weighted by atomic mass is 32.1. The Balaban J connectivity index is 1.94. The van der Waals surface area contributed by atoms with Crippen LogP contribution in [-0.4, -0.2) is 32.4 Å². The number of amides is 1. The minimum Gasteiger partial charge on any atom is -0.481 e. The Kier molecular flexibility index (Phi) is 3.84. The van der Waals surface area contributed by atoms with Crippen LogP contribution >= 0.6 is 11.3 Å². The molecular weight excluding hydrogens is 266 g/mol. The Morgan fingerprint density at radius 1 is 1.53 bits per heavy atom. The predicted molar refractivity (Wildman–Crippen MR) is 71.2 cm³/mol. The molecule has 102 valence electrons. The number of hydrogen-bond donors (Lipinski definition) is 2. The zero-order valence-corrected chi connectivity index (χ0v) is 11.5. The number of nitrogens with zero attached hydrogens (tertiary/aromatic N) is 2. The van der Waals surface area contributed by atoms with E-state index in [9.17, 15) is 9.59 Å². The Labute approximate surface area is 114 Å². The molecule has 7 heteroatoms. The topological polar surface area (TPSA) is 83.7 Å². The van der Waals surface area contributed by atoms with Crippen molar-refractivity contribution in [1.82, 2.24) is 14.7 Å². The minimum absolute atomic E-state index is 0.158. The molecule has 0 radical (unpaired) electrons. The van der Waals surface area contributed by atoms with Crippen LogP contribution < -0.4 is 5.32 Å². The lowest BCUT2D eigenvalue weighted by Crippen LogP contribution is -2.40. The molecule has 2 N–H and O–H groups in total. The SMILES string of the molecule is CC(NC(=O)Cc1cn2ccsc2n1)C(C)C(=O)O. The monoisotopic (exact) mass is 281 g/mol. The zero-order chi connectivity index (χ0) is 14.0. The number of imidazole rings is 1. The van der Waals surface area contributed by atoms with Gasteiger partial charge in [0.05, 0.1) is 18.0 Å². The van der Waals surface area contributed by atoms with Gasteiger partial charge < -0.3 is 10.4 Å². The summed E-state index contributed by atoms with van der Waals surface area (Å²) in [5, 5.41) is 13.5. The minimum atomic E-state index is -0.921. The van der Waals surface area contributed by atoms with E-state index in [2.05, 4.69) is 10.3 Å². The highest BCUT2D eigenvalue weighted by Gasteiger charge is 2.21. The van der Waals surface area contributed by atoms with E-state index in [0.717, 1.165) is 4.96 Å². The summed E-state index contributed by atoms with van der Waals surface area (Å²) in [5.41, 5.74) is 0.680. The lowest BCUT2D eigenvalue weighted by atomic mass is 10.0. The number of aromatic nitrogens is 2. The average Bonchev–Trinajstić information content (AvgIpc) is 2.87. The molecule has 2 aromatic rings. The van der Waals surface area contributed by atoms with Crippen LogP contribution in [0.2, 0.25) is 0 Å². The van der Waals surface area contributed by atoms with Crippen molar-refractivity contribution in [3.8, 4) is 0 Å². The van der Waals surface area contributed by atoms with Crippen molar-refractivity contribution in [3.63, 3.8) is 0 Å². The van der Waals surface area contributed by atoms with Gasteiger partial charge >= 0.3 is 5.97 Å². The second-order valence-electron chi connectivity index (χ2n) is 4.48. The molecule has 0 fully saturated rings. The number of carboxylic acids is 1. The van der Waals surface area contributed by atoms with Gasteiger partial charge in [-0.25, -0.2) is 4.98 Å². The highest BCUT2D eigenvalue weighted by Crippen LogP contribution is 2.12. The van der Waals surface area contributed by atoms with E-state index in [0.29, 0.717) is 5.69 Å². The van der Waals surface area contributed by atoms with Crippen LogP contribution in [0, 0.1) is 5.92 Å². The van der Waals surface area contributed by atoms with Crippen LogP contribution in [0.3, 0.4) is 0 Å². The van der Waals surface area contributed by atoms with E-state index in [4.69, 9.17) is 5.11 Å². The molecule has 0 aliphatic heterocycles. The first-order chi connectivity index (χ1) is 8.97. The van der Waals surface area contributed by atoms with Gasteiger partial charge in [0.1, 0.15) is 0 Å². The summed E-state index contributed by atoms with van der Waals surface area (Å²) < 4.78 is 1.86. The zero-order valence-electron chi connectivity index (χ0n) is 10.7. The van der Waals surface area contributed by atoms with Crippen molar-refractivity contribution in [3.05, 3.63) is 23.5 Å². The summed E-state index contributed by atoms with van der Waals surface area (Å²) in [6.07, 6.45) is 3.84. The van der Waals surface area contributed by atoms with Crippen LogP contribution in [0.1, 0.15) is 19.5 Å². The normalized spacial score (nSPS) is 14.2. The second kappa shape index (κ2) is 5.40. The van der Waals surface area contributed by atoms with Gasteiger partial charge in [-0.1, -0.05) is 0 Å². The standard InChI is InChI=1S/C12H15N3O3S/c1-7(11(17)18)8(2)13-10(16)5-9-6-15-3-4-19-12(15)14-9/h3-4,6-8H,5H2,1-2H3,(H,13,16)(H,17,18). The van der Waals surface area contributed by atoms with Gasteiger partial charge in [-0.15, -0.1) is 11.3 Å². The quantitative estimate of drug-likeness (QED) is 0.861. The molecule has 0 saturated carbocycles. The van der Waals surface area contributed by atoms with Crippen molar-refractivity contribution < 1.29 is 14.7 Å². The molecule has 19 heavy (non-hydrogen) atoms. The van der Waals surface area contributed by atoms with E-state index >= 15 is 0 Å². The fourth-order valence-corrected chi connectivity index (χ4v) is 2.39. The maximum atomic E-state index is 11.8. The lowest BCUT2D eigenvalue weighted by Gasteiger charge is -2.17. The number of carboxylic acid groups (broad SMARTS) is 1. The van der Waals surface area contributed by atoms with Crippen molar-refractivity contribution in [2.75, 3.05) is 0 Å². The molecule has 0 aromatic carbocycles. The Morgan fingerprint density at radius 2 is 2.26 bits per heavy atom. The summed E-state index contributed by atoms with van der Waals surface area (Å²) in [6.45, 7) is 3.25. The summed E-state index contributed by atoms with van der Waals surface area (Å²) in [6, 6.07) is -0.409. The molecule has 6 nitrogen and oxygen atoms in total. The Morgan fingerprint density at radius 3 is 2.89 bits per heavy atom.